The summed E-state index contributed by atoms with van der Waals surface area (Å²) in [4.78, 5) is 42.3. The van der Waals surface area contributed by atoms with E-state index in [-0.39, 0.29) is 28.8 Å². The Hall–Kier alpha value is -3.10. The number of fused-ring (bicyclic) bond motifs is 1. The van der Waals surface area contributed by atoms with Crippen LogP contribution in [0.4, 0.5) is 0 Å². The zero-order valence-corrected chi connectivity index (χ0v) is 20.2. The second kappa shape index (κ2) is 8.68. The van der Waals surface area contributed by atoms with Gasteiger partial charge in [0.2, 0.25) is 5.28 Å². The molecule has 172 valence electrons. The molecule has 1 aromatic carbocycles. The summed E-state index contributed by atoms with van der Waals surface area (Å²) in [5.74, 6) is -0.196. The van der Waals surface area contributed by atoms with Crippen LogP contribution in [0.2, 0.25) is 10.3 Å². The lowest BCUT2D eigenvalue weighted by atomic mass is 10.1. The number of hydrogen-bond donors (Lipinski definition) is 0. The Bertz CT molecular complexity index is 1510. The molecule has 0 saturated heterocycles. The quantitative estimate of drug-likeness (QED) is 0.308. The Labute approximate surface area is 199 Å². The highest BCUT2D eigenvalue weighted by Gasteiger charge is 2.22. The second-order valence-corrected chi connectivity index (χ2v) is 8.86. The zero-order chi connectivity index (χ0) is 24.0. The molecule has 0 fully saturated rings. The summed E-state index contributed by atoms with van der Waals surface area (Å²) in [6.45, 7) is 4.41. The van der Waals surface area contributed by atoms with Crippen molar-refractivity contribution >= 4 is 40.1 Å². The van der Waals surface area contributed by atoms with Crippen molar-refractivity contribution in [1.29, 1.82) is 0 Å². The minimum atomic E-state index is -0.547. The Morgan fingerprint density at radius 2 is 1.67 bits per heavy atom. The van der Waals surface area contributed by atoms with Gasteiger partial charge in [-0.2, -0.15) is 4.98 Å². The molecule has 0 bridgehead atoms. The molecule has 0 aliphatic carbocycles. The molecule has 3 aromatic heterocycles. The molecular weight excluding hydrogens is 465 g/mol. The molecular formula is C23H23Cl2N5O3. The predicted octanol–water partition coefficient (Wildman–Crippen LogP) is 3.28. The Morgan fingerprint density at radius 1 is 1.00 bits per heavy atom. The van der Waals surface area contributed by atoms with Crippen LogP contribution in [0.5, 0.6) is 0 Å². The van der Waals surface area contributed by atoms with Crippen molar-refractivity contribution in [3.05, 3.63) is 84.0 Å². The molecule has 4 rings (SSSR count). The molecule has 0 saturated carbocycles. The molecule has 8 nitrogen and oxygen atoms in total. The normalized spacial score (nSPS) is 11.5. The summed E-state index contributed by atoms with van der Waals surface area (Å²) in [6, 6.07) is 9.55. The zero-order valence-electron chi connectivity index (χ0n) is 18.7. The number of rotatable bonds is 6. The highest BCUT2D eigenvalue weighted by Crippen LogP contribution is 2.21. The number of imidazole rings is 1. The topological polar surface area (TPSA) is 83.8 Å². The fraction of sp³-hybridized carbons (Fsp3) is 0.304. The van der Waals surface area contributed by atoms with Gasteiger partial charge in [-0.25, -0.2) is 4.79 Å². The number of ketones is 1. The van der Waals surface area contributed by atoms with Crippen LogP contribution >= 0.6 is 23.2 Å². The van der Waals surface area contributed by atoms with Crippen molar-refractivity contribution in [2.24, 2.45) is 14.1 Å². The lowest BCUT2D eigenvalue weighted by Gasteiger charge is -2.10. The minimum Gasteiger partial charge on any atom is -0.348 e. The van der Waals surface area contributed by atoms with E-state index in [0.29, 0.717) is 17.1 Å². The van der Waals surface area contributed by atoms with Crippen molar-refractivity contribution in [3.63, 3.8) is 0 Å². The molecule has 0 aliphatic rings. The summed E-state index contributed by atoms with van der Waals surface area (Å²) in [6.07, 6.45) is 0.795. The summed E-state index contributed by atoms with van der Waals surface area (Å²) in [5.41, 5.74) is 2.72. The lowest BCUT2D eigenvalue weighted by molar-refractivity contribution is 0.0972. The number of halogens is 2. The lowest BCUT2D eigenvalue weighted by Crippen LogP contribution is -2.37. The fourth-order valence-corrected chi connectivity index (χ4v) is 4.46. The monoisotopic (exact) mass is 487 g/mol. The van der Waals surface area contributed by atoms with E-state index in [4.69, 9.17) is 23.2 Å². The first-order valence-corrected chi connectivity index (χ1v) is 11.1. The van der Waals surface area contributed by atoms with Crippen molar-refractivity contribution in [2.75, 3.05) is 0 Å². The summed E-state index contributed by atoms with van der Waals surface area (Å²) >= 11 is 12.2. The molecule has 0 N–H and O–H groups in total. The van der Waals surface area contributed by atoms with E-state index in [1.807, 2.05) is 44.2 Å². The van der Waals surface area contributed by atoms with Crippen LogP contribution in [0.1, 0.15) is 27.3 Å². The fourth-order valence-electron chi connectivity index (χ4n) is 4.11. The first kappa shape index (κ1) is 23.1. The summed E-state index contributed by atoms with van der Waals surface area (Å²) in [5, 5.41) is 0.675. The Balaban J connectivity index is 1.65. The van der Waals surface area contributed by atoms with Crippen LogP contribution in [0, 0.1) is 13.8 Å². The van der Waals surface area contributed by atoms with Gasteiger partial charge in [-0.15, -0.1) is 0 Å². The molecule has 0 aliphatic heterocycles. The van der Waals surface area contributed by atoms with Gasteiger partial charge in [0.25, 0.3) is 5.56 Å². The molecule has 10 heteroatoms. The van der Waals surface area contributed by atoms with Crippen molar-refractivity contribution in [3.8, 4) is 0 Å². The molecule has 0 spiro atoms. The largest absolute Gasteiger partial charge is 0.348 e. The Kier molecular flexibility index (Phi) is 6.07. The highest BCUT2D eigenvalue weighted by atomic mass is 35.5. The van der Waals surface area contributed by atoms with E-state index >= 15 is 0 Å². The van der Waals surface area contributed by atoms with Gasteiger partial charge in [-0.05, 0) is 55.6 Å². The molecule has 0 unspecified atom stereocenters. The van der Waals surface area contributed by atoms with Crippen LogP contribution in [0.15, 0.2) is 39.9 Å². The number of carbonyl (C=O) groups is 1. The number of benzene rings is 1. The smallest absolute Gasteiger partial charge is 0.332 e. The number of carbonyl (C=O) groups excluding carboxylic acids is 1. The van der Waals surface area contributed by atoms with Crippen LogP contribution in [-0.4, -0.2) is 29.0 Å². The maximum atomic E-state index is 13.2. The van der Waals surface area contributed by atoms with Gasteiger partial charge in [-0.1, -0.05) is 23.7 Å². The van der Waals surface area contributed by atoms with E-state index in [1.54, 1.807) is 0 Å². The van der Waals surface area contributed by atoms with Crippen molar-refractivity contribution in [1.82, 2.24) is 23.3 Å². The standard InChI is InChI=1S/C23H23Cl2N5O3/c1-13-11-17(14(2)29(13)10-9-15-5-7-16(24)8-6-15)18(31)12-30-19-20(26-22(30)25)27(3)23(33)28(4)21(19)32/h5-8,11H,9-10,12H2,1-4H3. The second-order valence-electron chi connectivity index (χ2n) is 8.08. The van der Waals surface area contributed by atoms with Crippen LogP contribution in [0.3, 0.4) is 0 Å². The minimum absolute atomic E-state index is 0.0202. The third kappa shape index (κ3) is 4.05. The SMILES string of the molecule is Cc1cc(C(=O)Cn2c(Cl)nc3c2c(=O)n(C)c(=O)n3C)c(C)n1CCc1ccc(Cl)cc1. The highest BCUT2D eigenvalue weighted by molar-refractivity contribution is 6.30. The van der Waals surface area contributed by atoms with Gasteiger partial charge in [0.15, 0.2) is 16.9 Å². The van der Waals surface area contributed by atoms with Gasteiger partial charge >= 0.3 is 5.69 Å². The number of Topliss-reactive ketones (excluding diaryl/α,β-unsaturated/α-hetero) is 1. The van der Waals surface area contributed by atoms with E-state index in [0.717, 1.165) is 27.9 Å². The first-order chi connectivity index (χ1) is 15.6. The molecule has 3 heterocycles. The first-order valence-electron chi connectivity index (χ1n) is 10.4. The maximum Gasteiger partial charge on any atom is 0.332 e. The Morgan fingerprint density at radius 3 is 2.33 bits per heavy atom. The van der Waals surface area contributed by atoms with Crippen LogP contribution in [-0.2, 0) is 33.6 Å². The van der Waals surface area contributed by atoms with Crippen LogP contribution in [0.25, 0.3) is 11.2 Å². The van der Waals surface area contributed by atoms with Gasteiger partial charge < -0.3 is 9.13 Å². The molecule has 0 atom stereocenters. The summed E-state index contributed by atoms with van der Waals surface area (Å²) < 4.78 is 5.68. The molecule has 33 heavy (non-hydrogen) atoms. The number of nitrogens with zero attached hydrogens (tertiary/aromatic N) is 5. The van der Waals surface area contributed by atoms with E-state index in [1.165, 1.54) is 23.2 Å². The predicted molar refractivity (Wildman–Crippen MR) is 129 cm³/mol. The van der Waals surface area contributed by atoms with E-state index < -0.39 is 11.2 Å². The van der Waals surface area contributed by atoms with Crippen molar-refractivity contribution < 1.29 is 4.79 Å². The third-order valence-electron chi connectivity index (χ3n) is 6.01. The van der Waals surface area contributed by atoms with E-state index in [2.05, 4.69) is 9.55 Å². The van der Waals surface area contributed by atoms with Gasteiger partial charge in [0.05, 0.1) is 6.54 Å². The van der Waals surface area contributed by atoms with Gasteiger partial charge in [0.1, 0.15) is 0 Å². The average molecular weight is 488 g/mol. The molecule has 4 aromatic rings. The van der Waals surface area contributed by atoms with Crippen LogP contribution < -0.4 is 11.2 Å². The third-order valence-corrected chi connectivity index (χ3v) is 6.56. The van der Waals surface area contributed by atoms with Gasteiger partial charge in [-0.3, -0.25) is 18.7 Å². The maximum absolute atomic E-state index is 13.2. The molecule has 0 radical (unpaired) electrons. The van der Waals surface area contributed by atoms with Crippen molar-refractivity contribution in [2.45, 2.75) is 33.4 Å². The summed E-state index contributed by atoms with van der Waals surface area (Å²) in [7, 11) is 2.89. The number of aromatic nitrogens is 5. The van der Waals surface area contributed by atoms with Gasteiger partial charge in [0, 0.05) is 42.6 Å². The average Bonchev–Trinajstić information content (AvgIpc) is 3.26. The number of aryl methyl sites for hydroxylation is 3. The number of hydrogen-bond acceptors (Lipinski definition) is 4. The van der Waals surface area contributed by atoms with E-state index in [9.17, 15) is 14.4 Å². The molecule has 0 amide bonds.